The van der Waals surface area contributed by atoms with Gasteiger partial charge in [0.25, 0.3) is 11.5 Å². The third-order valence-electron chi connectivity index (χ3n) is 7.88. The monoisotopic (exact) mass is 618 g/mol. The number of halogens is 2. The number of anilines is 2. The molecule has 0 radical (unpaired) electrons. The number of pyridine rings is 1. The molecular weight excluding hydrogens is 570 g/mol. The highest BCUT2D eigenvalue weighted by Gasteiger charge is 2.54. The largest absolute Gasteiger partial charge is 0.444 e. The summed E-state index contributed by atoms with van der Waals surface area (Å²) in [4.78, 5) is 42.5. The number of carbonyl (C=O) groups excluding carboxylic acids is 2. The van der Waals surface area contributed by atoms with E-state index in [2.05, 4.69) is 5.32 Å². The Morgan fingerprint density at radius 1 is 1.05 bits per heavy atom. The summed E-state index contributed by atoms with van der Waals surface area (Å²) in [5, 5.41) is 14.2. The number of carbonyl (C=O) groups is 2. The fourth-order valence-corrected chi connectivity index (χ4v) is 6.00. The fraction of sp³-hybridized carbons (Fsp3) is 0.606. The van der Waals surface area contributed by atoms with Crippen molar-refractivity contribution in [2.24, 2.45) is 0 Å². The molecule has 11 heteroatoms. The molecule has 4 heterocycles. The first-order valence-electron chi connectivity index (χ1n) is 15.8. The molecule has 2 amide bonds. The van der Waals surface area contributed by atoms with Crippen molar-refractivity contribution in [1.82, 2.24) is 14.4 Å². The number of amides is 2. The quantitative estimate of drug-likeness (QED) is 0.426. The fourth-order valence-electron chi connectivity index (χ4n) is 6.00. The van der Waals surface area contributed by atoms with Crippen molar-refractivity contribution in [2.75, 3.05) is 25.0 Å². The number of nitrogens with zero attached hydrogens (tertiary/aromatic N) is 3. The van der Waals surface area contributed by atoms with Crippen LogP contribution in [0.2, 0.25) is 0 Å². The van der Waals surface area contributed by atoms with Gasteiger partial charge in [0.2, 0.25) is 5.82 Å². The van der Waals surface area contributed by atoms with Crippen LogP contribution < -0.4 is 10.9 Å². The van der Waals surface area contributed by atoms with Crippen LogP contribution in [-0.2, 0) is 17.7 Å². The Balaban J connectivity index is 0.00000127. The Morgan fingerprint density at radius 3 is 2.32 bits per heavy atom. The minimum absolute atomic E-state index is 0.0377. The van der Waals surface area contributed by atoms with Crippen LogP contribution in [0.25, 0.3) is 0 Å². The summed E-state index contributed by atoms with van der Waals surface area (Å²) < 4.78 is 37.0. The zero-order valence-corrected chi connectivity index (χ0v) is 27.4. The van der Waals surface area contributed by atoms with E-state index < -0.39 is 46.4 Å². The van der Waals surface area contributed by atoms with Crippen LogP contribution in [0, 0.1) is 18.6 Å². The molecule has 44 heavy (non-hydrogen) atoms. The van der Waals surface area contributed by atoms with Gasteiger partial charge in [0.1, 0.15) is 17.0 Å². The van der Waals surface area contributed by atoms with E-state index in [0.29, 0.717) is 37.1 Å². The highest BCUT2D eigenvalue weighted by molar-refractivity contribution is 6.02. The molecule has 1 atom stereocenters. The number of hydrogen-bond donors (Lipinski definition) is 2. The highest BCUT2D eigenvalue weighted by Crippen LogP contribution is 2.38. The van der Waals surface area contributed by atoms with E-state index in [1.807, 2.05) is 27.7 Å². The van der Waals surface area contributed by atoms with Crippen LogP contribution in [-0.4, -0.2) is 68.4 Å². The van der Waals surface area contributed by atoms with Crippen LogP contribution in [0.15, 0.2) is 23.0 Å². The Bertz CT molecular complexity index is 1410. The second-order valence-corrected chi connectivity index (χ2v) is 12.1. The van der Waals surface area contributed by atoms with Crippen LogP contribution in [0.4, 0.5) is 25.0 Å². The van der Waals surface area contributed by atoms with Gasteiger partial charge in [-0.3, -0.25) is 9.59 Å². The lowest BCUT2D eigenvalue weighted by Gasteiger charge is -2.54. The predicted molar refractivity (Wildman–Crippen MR) is 168 cm³/mol. The normalized spacial score (nSPS) is 18.6. The number of piperidine rings is 1. The van der Waals surface area contributed by atoms with Crippen molar-refractivity contribution >= 4 is 23.4 Å². The minimum Gasteiger partial charge on any atom is -0.444 e. The molecule has 244 valence electrons. The summed E-state index contributed by atoms with van der Waals surface area (Å²) in [7, 11) is 0. The van der Waals surface area contributed by atoms with Gasteiger partial charge in [0.05, 0.1) is 36.1 Å². The number of aromatic nitrogens is 1. The van der Waals surface area contributed by atoms with E-state index in [4.69, 9.17) is 4.74 Å². The van der Waals surface area contributed by atoms with Crippen LogP contribution in [0.5, 0.6) is 0 Å². The molecule has 2 N–H and O–H groups in total. The molecule has 2 aromatic rings. The van der Waals surface area contributed by atoms with E-state index >= 15 is 4.39 Å². The Hall–Kier alpha value is -3.47. The van der Waals surface area contributed by atoms with E-state index in [1.54, 1.807) is 38.7 Å². The van der Waals surface area contributed by atoms with Gasteiger partial charge >= 0.3 is 6.09 Å². The summed E-state index contributed by atoms with van der Waals surface area (Å²) in [6.07, 6.45) is 2.59. The summed E-state index contributed by atoms with van der Waals surface area (Å²) >= 11 is 0. The third-order valence-corrected chi connectivity index (χ3v) is 7.88. The van der Waals surface area contributed by atoms with Gasteiger partial charge in [-0.15, -0.1) is 0 Å². The number of β-amino-alcohol motifs (C(OH)–C–C–N with tert-alkyl or cyclic N) is 1. The molecule has 3 aliphatic rings. The average molecular weight is 619 g/mol. The van der Waals surface area contributed by atoms with E-state index in [9.17, 15) is 23.9 Å². The van der Waals surface area contributed by atoms with Crippen LogP contribution in [0.3, 0.4) is 0 Å². The number of ether oxygens (including phenoxy) is 1. The maximum Gasteiger partial charge on any atom is 0.410 e. The molecule has 1 aromatic carbocycles. The number of likely N-dealkylation sites (tertiary alicyclic amines) is 2. The van der Waals surface area contributed by atoms with Gasteiger partial charge in [-0.05, 0) is 77.5 Å². The first kappa shape index (κ1) is 35.0. The molecule has 0 aliphatic carbocycles. The molecule has 1 aromatic heterocycles. The predicted octanol–water partition coefficient (Wildman–Crippen LogP) is 6.15. The van der Waals surface area contributed by atoms with Gasteiger partial charge in [-0.25, -0.2) is 9.18 Å². The minimum atomic E-state index is -1.36. The second-order valence-electron chi connectivity index (χ2n) is 12.1. The van der Waals surface area contributed by atoms with Gasteiger partial charge < -0.3 is 29.5 Å². The van der Waals surface area contributed by atoms with E-state index in [0.717, 1.165) is 12.8 Å². The molecular formula is C33H48F2N4O5. The van der Waals surface area contributed by atoms with E-state index in [1.165, 1.54) is 21.6 Å². The van der Waals surface area contributed by atoms with Gasteiger partial charge in [-0.1, -0.05) is 33.8 Å². The lowest BCUT2D eigenvalue weighted by Crippen LogP contribution is -2.73. The van der Waals surface area contributed by atoms with Gasteiger partial charge in [0.15, 0.2) is 0 Å². The number of fused-ring (bicyclic) bond motifs is 1. The van der Waals surface area contributed by atoms with Gasteiger partial charge in [0, 0.05) is 18.8 Å². The summed E-state index contributed by atoms with van der Waals surface area (Å²) in [6.45, 7) is 15.6. The van der Waals surface area contributed by atoms with Crippen LogP contribution >= 0.6 is 0 Å². The molecule has 3 aliphatic heterocycles. The summed E-state index contributed by atoms with van der Waals surface area (Å²) in [5.74, 6) is -2.37. The molecule has 2 saturated heterocycles. The van der Waals surface area contributed by atoms with Crippen molar-refractivity contribution < 1.29 is 28.2 Å². The van der Waals surface area contributed by atoms with Crippen molar-refractivity contribution in [3.63, 3.8) is 0 Å². The summed E-state index contributed by atoms with van der Waals surface area (Å²) in [6, 6.07) is 3.80. The summed E-state index contributed by atoms with van der Waals surface area (Å²) in [5.41, 5.74) is -2.34. The van der Waals surface area contributed by atoms with Crippen molar-refractivity contribution in [3.05, 3.63) is 57.0 Å². The second kappa shape index (κ2) is 14.1. The topological polar surface area (TPSA) is 104 Å². The zero-order valence-electron chi connectivity index (χ0n) is 27.4. The number of hydrogen-bond acceptors (Lipinski definition) is 6. The number of benzene rings is 1. The first-order chi connectivity index (χ1) is 20.8. The molecule has 1 unspecified atom stereocenters. The van der Waals surface area contributed by atoms with Crippen molar-refractivity contribution in [1.29, 1.82) is 0 Å². The average Bonchev–Trinajstić information content (AvgIpc) is 3.46. The molecule has 5 rings (SSSR count). The maximum absolute atomic E-state index is 15.5. The number of aliphatic hydroxyl groups is 1. The van der Waals surface area contributed by atoms with Gasteiger partial charge in [-0.2, -0.15) is 4.39 Å². The van der Waals surface area contributed by atoms with Crippen molar-refractivity contribution in [2.45, 2.75) is 111 Å². The highest BCUT2D eigenvalue weighted by atomic mass is 19.1. The van der Waals surface area contributed by atoms with Crippen molar-refractivity contribution in [3.8, 4) is 0 Å². The van der Waals surface area contributed by atoms with Crippen LogP contribution in [0.1, 0.15) is 95.8 Å². The molecule has 2 fully saturated rings. The zero-order chi connectivity index (χ0) is 33.0. The smallest absolute Gasteiger partial charge is 0.410 e. The number of rotatable bonds is 4. The first-order valence-corrected chi connectivity index (χ1v) is 15.8. The van der Waals surface area contributed by atoms with E-state index in [-0.39, 0.29) is 36.6 Å². The standard InChI is InChI=1S/C29H36F2N4O5.2C2H6/c1-17-10-11-19(18(30)14-17)32-24-22(20-8-7-13-34(20)26(37)23(24)31)25(36)33-15-29(39,16-33)21-9-5-6-12-35(21)27(38)40-28(2,3)4;2*1-2/h10-11,14,21,32,39H,5-9,12-13,15-16H2,1-4H3;2*1-2H3. The maximum atomic E-state index is 15.5. The third kappa shape index (κ3) is 7.08. The molecule has 0 bridgehead atoms. The molecule has 0 spiro atoms. The number of aryl methyl sites for hydroxylation is 1. The molecule has 0 saturated carbocycles. The lowest BCUT2D eigenvalue weighted by atomic mass is 9.80. The number of nitrogens with one attached hydrogen (secondary N) is 1. The Kier molecular flexibility index (Phi) is 11.2. The SMILES string of the molecule is CC.CC.Cc1ccc(Nc2c(C(=O)N3CC(O)(C4CCCCN4C(=O)OC(C)(C)C)C3)c3n(c(=O)c2F)CCC3)c(F)c1. The molecule has 9 nitrogen and oxygen atoms in total. The Morgan fingerprint density at radius 2 is 1.70 bits per heavy atom. The lowest BCUT2D eigenvalue weighted by molar-refractivity contribution is -0.137. The Labute approximate surface area is 259 Å².